The van der Waals surface area contributed by atoms with Crippen LogP contribution in [0.1, 0.15) is 5.56 Å². The van der Waals surface area contributed by atoms with Crippen molar-refractivity contribution >= 4 is 5.97 Å². The third-order valence-electron chi connectivity index (χ3n) is 2.39. The first-order valence-electron chi connectivity index (χ1n) is 5.63. The van der Waals surface area contributed by atoms with Gasteiger partial charge >= 0.3 is 5.97 Å². The molecule has 0 aliphatic heterocycles. The van der Waals surface area contributed by atoms with Gasteiger partial charge in [0.05, 0.1) is 13.2 Å². The van der Waals surface area contributed by atoms with E-state index in [9.17, 15) is 4.79 Å². The second-order valence-electron chi connectivity index (χ2n) is 3.79. The van der Waals surface area contributed by atoms with Gasteiger partial charge in [-0.25, -0.2) is 4.79 Å². The van der Waals surface area contributed by atoms with Crippen molar-refractivity contribution in [3.63, 3.8) is 0 Å². The first-order valence-corrected chi connectivity index (χ1v) is 5.63. The standard InChI is InChI=1S/C13H18O5/c1-16-8-7-10-3-5-11(6-4-10)18-12(9-17-2)13(14)15/h3-6,12H,7-9H2,1-2H3,(H,14,15). The SMILES string of the molecule is COCCc1ccc(OC(COC)C(=O)O)cc1. The fourth-order valence-corrected chi connectivity index (χ4v) is 1.43. The first kappa shape index (κ1) is 14.5. The minimum Gasteiger partial charge on any atom is -0.478 e. The fraction of sp³-hybridized carbons (Fsp3) is 0.462. The van der Waals surface area contributed by atoms with Crippen molar-refractivity contribution in [2.24, 2.45) is 0 Å². The summed E-state index contributed by atoms with van der Waals surface area (Å²) in [5, 5.41) is 8.91. The Morgan fingerprint density at radius 1 is 1.22 bits per heavy atom. The van der Waals surface area contributed by atoms with Crippen molar-refractivity contribution in [2.75, 3.05) is 27.4 Å². The summed E-state index contributed by atoms with van der Waals surface area (Å²) in [6.45, 7) is 0.669. The van der Waals surface area contributed by atoms with Gasteiger partial charge in [0.15, 0.2) is 0 Å². The lowest BCUT2D eigenvalue weighted by Crippen LogP contribution is -2.31. The lowest BCUT2D eigenvalue weighted by molar-refractivity contribution is -0.147. The average Bonchev–Trinajstić information content (AvgIpc) is 2.37. The highest BCUT2D eigenvalue weighted by Crippen LogP contribution is 2.14. The minimum absolute atomic E-state index is 0.0146. The van der Waals surface area contributed by atoms with Gasteiger partial charge in [-0.3, -0.25) is 0 Å². The molecule has 0 saturated heterocycles. The smallest absolute Gasteiger partial charge is 0.347 e. The van der Waals surface area contributed by atoms with Crippen molar-refractivity contribution in [3.05, 3.63) is 29.8 Å². The lowest BCUT2D eigenvalue weighted by Gasteiger charge is -2.14. The number of aliphatic carboxylic acids is 1. The van der Waals surface area contributed by atoms with Gasteiger partial charge in [0.2, 0.25) is 6.10 Å². The van der Waals surface area contributed by atoms with Crippen LogP contribution in [0.15, 0.2) is 24.3 Å². The van der Waals surface area contributed by atoms with Crippen LogP contribution in [0.25, 0.3) is 0 Å². The molecule has 18 heavy (non-hydrogen) atoms. The molecule has 0 bridgehead atoms. The van der Waals surface area contributed by atoms with Crippen molar-refractivity contribution in [1.82, 2.24) is 0 Å². The van der Waals surface area contributed by atoms with Gasteiger partial charge in [-0.15, -0.1) is 0 Å². The second-order valence-corrected chi connectivity index (χ2v) is 3.79. The number of methoxy groups -OCH3 is 2. The maximum atomic E-state index is 10.9. The van der Waals surface area contributed by atoms with Gasteiger partial charge in [0.25, 0.3) is 0 Å². The number of hydrogen-bond donors (Lipinski definition) is 1. The molecule has 0 fully saturated rings. The third-order valence-corrected chi connectivity index (χ3v) is 2.39. The number of rotatable bonds is 8. The lowest BCUT2D eigenvalue weighted by atomic mass is 10.1. The largest absolute Gasteiger partial charge is 0.478 e. The van der Waals surface area contributed by atoms with E-state index in [0.29, 0.717) is 12.4 Å². The number of ether oxygens (including phenoxy) is 3. The summed E-state index contributed by atoms with van der Waals surface area (Å²) in [6.07, 6.45) is -0.170. The Morgan fingerprint density at radius 2 is 1.89 bits per heavy atom. The molecule has 0 aliphatic carbocycles. The highest BCUT2D eigenvalue weighted by atomic mass is 16.5. The zero-order valence-corrected chi connectivity index (χ0v) is 10.6. The summed E-state index contributed by atoms with van der Waals surface area (Å²) < 4.78 is 15.1. The van der Waals surface area contributed by atoms with Crippen molar-refractivity contribution in [3.8, 4) is 5.75 Å². The molecule has 1 rings (SSSR count). The molecule has 0 spiro atoms. The van der Waals surface area contributed by atoms with E-state index in [-0.39, 0.29) is 6.61 Å². The molecule has 0 heterocycles. The van der Waals surface area contributed by atoms with E-state index in [4.69, 9.17) is 19.3 Å². The summed E-state index contributed by atoms with van der Waals surface area (Å²) in [5.74, 6) is -0.527. The molecule has 1 atom stereocenters. The van der Waals surface area contributed by atoms with Crippen LogP contribution in [-0.4, -0.2) is 44.6 Å². The van der Waals surface area contributed by atoms with Gasteiger partial charge in [-0.1, -0.05) is 12.1 Å². The second kappa shape index (κ2) is 7.68. The summed E-state index contributed by atoms with van der Waals surface area (Å²) in [7, 11) is 3.09. The Kier molecular flexibility index (Phi) is 6.18. The third kappa shape index (κ3) is 4.73. The summed E-state index contributed by atoms with van der Waals surface area (Å²) >= 11 is 0. The fourth-order valence-electron chi connectivity index (χ4n) is 1.43. The van der Waals surface area contributed by atoms with E-state index >= 15 is 0 Å². The van der Waals surface area contributed by atoms with Gasteiger partial charge in [0, 0.05) is 14.2 Å². The van der Waals surface area contributed by atoms with Gasteiger partial charge < -0.3 is 19.3 Å². The first-order chi connectivity index (χ1) is 8.67. The van der Waals surface area contributed by atoms with Gasteiger partial charge in [-0.2, -0.15) is 0 Å². The van der Waals surface area contributed by atoms with E-state index in [1.165, 1.54) is 7.11 Å². The van der Waals surface area contributed by atoms with Crippen LogP contribution in [0.5, 0.6) is 5.75 Å². The van der Waals surface area contributed by atoms with Crippen LogP contribution in [0.4, 0.5) is 0 Å². The molecule has 0 aromatic heterocycles. The molecule has 0 amide bonds. The molecule has 1 aromatic carbocycles. The molecule has 1 unspecified atom stereocenters. The van der Waals surface area contributed by atoms with Crippen LogP contribution in [0.3, 0.4) is 0 Å². The van der Waals surface area contributed by atoms with Crippen LogP contribution in [0, 0.1) is 0 Å². The molecule has 0 saturated carbocycles. The van der Waals surface area contributed by atoms with Gasteiger partial charge in [-0.05, 0) is 24.1 Å². The number of benzene rings is 1. The van der Waals surface area contributed by atoms with Crippen LogP contribution >= 0.6 is 0 Å². The Labute approximate surface area is 106 Å². The van der Waals surface area contributed by atoms with Crippen LogP contribution in [-0.2, 0) is 20.7 Å². The maximum Gasteiger partial charge on any atom is 0.347 e. The zero-order valence-electron chi connectivity index (χ0n) is 10.6. The van der Waals surface area contributed by atoms with E-state index in [1.807, 2.05) is 12.1 Å². The Morgan fingerprint density at radius 3 is 2.39 bits per heavy atom. The molecule has 0 aliphatic rings. The molecular weight excluding hydrogens is 236 g/mol. The summed E-state index contributed by atoms with van der Waals surface area (Å²) in [6, 6.07) is 7.27. The Bertz CT molecular complexity index is 360. The normalized spacial score (nSPS) is 12.1. The molecule has 0 radical (unpaired) electrons. The minimum atomic E-state index is -1.04. The summed E-state index contributed by atoms with van der Waals surface area (Å²) in [4.78, 5) is 10.9. The van der Waals surface area contributed by atoms with E-state index < -0.39 is 12.1 Å². The molecule has 1 N–H and O–H groups in total. The Balaban J connectivity index is 2.58. The molecule has 1 aromatic rings. The van der Waals surface area contributed by atoms with Crippen molar-refractivity contribution in [2.45, 2.75) is 12.5 Å². The van der Waals surface area contributed by atoms with Crippen LogP contribution in [0.2, 0.25) is 0 Å². The molecular formula is C13H18O5. The van der Waals surface area contributed by atoms with Crippen LogP contribution < -0.4 is 4.74 Å². The highest BCUT2D eigenvalue weighted by molar-refractivity contribution is 5.72. The average molecular weight is 254 g/mol. The quantitative estimate of drug-likeness (QED) is 0.758. The maximum absolute atomic E-state index is 10.9. The molecule has 100 valence electrons. The number of carbonyl (C=O) groups is 1. The Hall–Kier alpha value is -1.59. The van der Waals surface area contributed by atoms with Crippen molar-refractivity contribution < 1.29 is 24.1 Å². The summed E-state index contributed by atoms with van der Waals surface area (Å²) in [5.41, 5.74) is 1.11. The topological polar surface area (TPSA) is 65.0 Å². The number of hydrogen-bond acceptors (Lipinski definition) is 4. The monoisotopic (exact) mass is 254 g/mol. The predicted molar refractivity (Wildman–Crippen MR) is 65.9 cm³/mol. The highest BCUT2D eigenvalue weighted by Gasteiger charge is 2.18. The predicted octanol–water partition coefficient (Wildman–Crippen LogP) is 1.35. The number of carboxylic acids is 1. The van der Waals surface area contributed by atoms with Gasteiger partial charge in [0.1, 0.15) is 5.75 Å². The van der Waals surface area contributed by atoms with E-state index in [1.54, 1.807) is 19.2 Å². The molecule has 5 nitrogen and oxygen atoms in total. The zero-order chi connectivity index (χ0) is 13.4. The van der Waals surface area contributed by atoms with Crippen molar-refractivity contribution in [1.29, 1.82) is 0 Å². The number of carboxylic acid groups (broad SMARTS) is 1. The van der Waals surface area contributed by atoms with E-state index in [2.05, 4.69) is 0 Å². The molecule has 5 heteroatoms. The van der Waals surface area contributed by atoms with E-state index in [0.717, 1.165) is 12.0 Å².